The predicted octanol–water partition coefficient (Wildman–Crippen LogP) is 2.72. The first kappa shape index (κ1) is 13.1. The molecule has 4 nitrogen and oxygen atoms in total. The number of nitrogens with zero attached hydrogens (tertiary/aromatic N) is 2. The Morgan fingerprint density at radius 1 is 1.50 bits per heavy atom. The topological polar surface area (TPSA) is 59.2 Å². The monoisotopic (exact) mass is 267 g/mol. The van der Waals surface area contributed by atoms with Gasteiger partial charge in [-0.25, -0.2) is 4.98 Å². The van der Waals surface area contributed by atoms with Gasteiger partial charge in [-0.05, 0) is 25.8 Å². The molecule has 0 saturated carbocycles. The maximum absolute atomic E-state index is 12.5. The highest BCUT2D eigenvalue weighted by Crippen LogP contribution is 2.22. The van der Waals surface area contributed by atoms with Crippen LogP contribution in [-0.2, 0) is 0 Å². The van der Waals surface area contributed by atoms with Crippen LogP contribution in [0.5, 0.6) is 0 Å². The molecule has 2 rings (SSSR count). The number of likely N-dealkylation sites (tertiary alicyclic amines) is 1. The smallest absolute Gasteiger partial charge is 0.256 e. The Morgan fingerprint density at radius 2 is 2.28 bits per heavy atom. The third-order valence-electron chi connectivity index (χ3n) is 3.45. The summed E-state index contributed by atoms with van der Waals surface area (Å²) in [5.74, 6) is -0.0359. The third-order valence-corrected chi connectivity index (χ3v) is 3.65. The van der Waals surface area contributed by atoms with Crippen molar-refractivity contribution in [1.82, 2.24) is 9.88 Å². The average Bonchev–Trinajstić information content (AvgIpc) is 2.56. The number of nitrogens with two attached hydrogens (primary N) is 1. The number of carbonyl (C=O) groups is 1. The third kappa shape index (κ3) is 2.75. The lowest BCUT2D eigenvalue weighted by Gasteiger charge is -2.27. The van der Waals surface area contributed by atoms with Crippen molar-refractivity contribution < 1.29 is 4.79 Å². The van der Waals surface area contributed by atoms with Crippen LogP contribution in [0.25, 0.3) is 0 Å². The van der Waals surface area contributed by atoms with Crippen molar-refractivity contribution in [2.24, 2.45) is 0 Å². The lowest BCUT2D eigenvalue weighted by molar-refractivity contribution is 0.0699. The summed E-state index contributed by atoms with van der Waals surface area (Å²) in [5, 5.41) is 0.301. The number of carbonyl (C=O) groups excluding carboxylic acids is 1. The summed E-state index contributed by atoms with van der Waals surface area (Å²) in [6.07, 6.45) is 5.90. The van der Waals surface area contributed by atoms with Crippen molar-refractivity contribution >= 4 is 23.2 Å². The van der Waals surface area contributed by atoms with Crippen LogP contribution in [0.4, 0.5) is 5.69 Å². The second-order valence-electron chi connectivity index (χ2n) is 4.79. The molecule has 1 amide bonds. The van der Waals surface area contributed by atoms with Crippen LogP contribution in [-0.4, -0.2) is 28.4 Å². The molecule has 1 fully saturated rings. The van der Waals surface area contributed by atoms with Crippen molar-refractivity contribution in [2.45, 2.75) is 38.6 Å². The first-order valence-electron chi connectivity index (χ1n) is 6.31. The maximum atomic E-state index is 12.5. The van der Waals surface area contributed by atoms with Gasteiger partial charge in [0.1, 0.15) is 5.15 Å². The van der Waals surface area contributed by atoms with Gasteiger partial charge in [0, 0.05) is 12.6 Å². The van der Waals surface area contributed by atoms with Gasteiger partial charge < -0.3 is 10.6 Å². The van der Waals surface area contributed by atoms with Crippen molar-refractivity contribution in [1.29, 1.82) is 0 Å². The van der Waals surface area contributed by atoms with Crippen LogP contribution in [0.15, 0.2) is 12.3 Å². The fourth-order valence-electron chi connectivity index (χ4n) is 2.36. The number of halogens is 1. The first-order valence-corrected chi connectivity index (χ1v) is 6.69. The van der Waals surface area contributed by atoms with Gasteiger partial charge in [-0.15, -0.1) is 0 Å². The minimum atomic E-state index is -0.0359. The molecule has 18 heavy (non-hydrogen) atoms. The van der Waals surface area contributed by atoms with E-state index in [1.54, 1.807) is 6.07 Å². The summed E-state index contributed by atoms with van der Waals surface area (Å²) in [6, 6.07) is 1.81. The molecule has 0 aliphatic carbocycles. The molecule has 0 aromatic carbocycles. The second kappa shape index (κ2) is 5.57. The lowest BCUT2D eigenvalue weighted by Crippen LogP contribution is -2.38. The van der Waals surface area contributed by atoms with Crippen molar-refractivity contribution in [3.63, 3.8) is 0 Å². The highest BCUT2D eigenvalue weighted by Gasteiger charge is 2.24. The molecule has 1 aromatic rings. The number of rotatable bonds is 1. The number of hydrogen-bond acceptors (Lipinski definition) is 3. The van der Waals surface area contributed by atoms with Crippen LogP contribution in [0.2, 0.25) is 5.15 Å². The SMILES string of the molecule is CC1CCCCCN1C(=O)c1cc(Cl)ncc1N. The summed E-state index contributed by atoms with van der Waals surface area (Å²) in [7, 11) is 0. The quantitative estimate of drug-likeness (QED) is 0.796. The van der Waals surface area contributed by atoms with Crippen molar-refractivity contribution in [2.75, 3.05) is 12.3 Å². The van der Waals surface area contributed by atoms with Gasteiger partial charge in [0.15, 0.2) is 0 Å². The van der Waals surface area contributed by atoms with E-state index in [1.165, 1.54) is 19.0 Å². The molecule has 1 unspecified atom stereocenters. The van der Waals surface area contributed by atoms with E-state index in [-0.39, 0.29) is 11.9 Å². The molecule has 1 aliphatic heterocycles. The molecule has 1 aromatic heterocycles. The Kier molecular flexibility index (Phi) is 4.07. The van der Waals surface area contributed by atoms with Gasteiger partial charge in [-0.3, -0.25) is 4.79 Å². The molecule has 1 atom stereocenters. The van der Waals surface area contributed by atoms with E-state index in [0.29, 0.717) is 16.4 Å². The fraction of sp³-hybridized carbons (Fsp3) is 0.538. The van der Waals surface area contributed by atoms with Crippen molar-refractivity contribution in [3.05, 3.63) is 23.0 Å². The van der Waals surface area contributed by atoms with E-state index in [9.17, 15) is 4.79 Å². The number of nitrogen functional groups attached to an aromatic ring is 1. The Balaban J connectivity index is 2.26. The summed E-state index contributed by atoms with van der Waals surface area (Å²) < 4.78 is 0. The van der Waals surface area contributed by atoms with E-state index >= 15 is 0 Å². The highest BCUT2D eigenvalue weighted by molar-refractivity contribution is 6.29. The van der Waals surface area contributed by atoms with E-state index < -0.39 is 0 Å². The fourth-order valence-corrected chi connectivity index (χ4v) is 2.51. The predicted molar refractivity (Wildman–Crippen MR) is 72.6 cm³/mol. The largest absolute Gasteiger partial charge is 0.397 e. The first-order chi connectivity index (χ1) is 8.59. The molecule has 5 heteroatoms. The number of anilines is 1. The van der Waals surface area contributed by atoms with Crippen LogP contribution in [0, 0.1) is 0 Å². The van der Waals surface area contributed by atoms with E-state index in [0.717, 1.165) is 19.4 Å². The Morgan fingerprint density at radius 3 is 3.06 bits per heavy atom. The molecule has 0 spiro atoms. The molecule has 2 N–H and O–H groups in total. The van der Waals surface area contributed by atoms with E-state index in [1.807, 2.05) is 4.90 Å². The maximum Gasteiger partial charge on any atom is 0.256 e. The summed E-state index contributed by atoms with van der Waals surface area (Å²) in [4.78, 5) is 18.3. The standard InChI is InChI=1S/C13H18ClN3O/c1-9-5-3-2-4-6-17(9)13(18)10-7-12(14)16-8-11(10)15/h7-9H,2-6,15H2,1H3. The molecule has 0 bridgehead atoms. The number of pyridine rings is 1. The summed E-state index contributed by atoms with van der Waals surface area (Å²) >= 11 is 5.83. The van der Waals surface area contributed by atoms with Gasteiger partial charge in [0.05, 0.1) is 17.4 Å². The van der Waals surface area contributed by atoms with Gasteiger partial charge in [0.25, 0.3) is 5.91 Å². The van der Waals surface area contributed by atoms with Gasteiger partial charge in [-0.1, -0.05) is 24.4 Å². The van der Waals surface area contributed by atoms with Gasteiger partial charge in [0.2, 0.25) is 0 Å². The molecule has 1 saturated heterocycles. The lowest BCUT2D eigenvalue weighted by atomic mass is 10.1. The Bertz CT molecular complexity index is 450. The average molecular weight is 268 g/mol. The minimum Gasteiger partial charge on any atom is -0.397 e. The van der Waals surface area contributed by atoms with Crippen LogP contribution in [0.1, 0.15) is 43.0 Å². The number of hydrogen-bond donors (Lipinski definition) is 1. The zero-order valence-corrected chi connectivity index (χ0v) is 11.3. The van der Waals surface area contributed by atoms with Crippen LogP contribution in [0.3, 0.4) is 0 Å². The van der Waals surface area contributed by atoms with Crippen molar-refractivity contribution in [3.8, 4) is 0 Å². The van der Waals surface area contributed by atoms with Gasteiger partial charge in [-0.2, -0.15) is 0 Å². The molecule has 98 valence electrons. The molecular weight excluding hydrogens is 250 g/mol. The summed E-state index contributed by atoms with van der Waals surface area (Å²) in [6.45, 7) is 2.88. The molecule has 0 radical (unpaired) electrons. The van der Waals surface area contributed by atoms with Crippen LogP contribution < -0.4 is 5.73 Å². The molecular formula is C13H18ClN3O. The molecule has 1 aliphatic rings. The van der Waals surface area contributed by atoms with E-state index in [2.05, 4.69) is 11.9 Å². The number of aromatic nitrogens is 1. The highest BCUT2D eigenvalue weighted by atomic mass is 35.5. The Hall–Kier alpha value is -1.29. The Labute approximate surface area is 112 Å². The summed E-state index contributed by atoms with van der Waals surface area (Å²) in [5.41, 5.74) is 6.66. The normalized spacial score (nSPS) is 20.6. The number of amides is 1. The van der Waals surface area contributed by atoms with E-state index in [4.69, 9.17) is 17.3 Å². The zero-order valence-electron chi connectivity index (χ0n) is 10.5. The zero-order chi connectivity index (χ0) is 13.1. The van der Waals surface area contributed by atoms with Crippen LogP contribution >= 0.6 is 11.6 Å². The second-order valence-corrected chi connectivity index (χ2v) is 5.18. The minimum absolute atomic E-state index is 0.0359. The molecule has 2 heterocycles. The van der Waals surface area contributed by atoms with Gasteiger partial charge >= 0.3 is 0 Å².